The minimum atomic E-state index is 0.376. The van der Waals surface area contributed by atoms with Gasteiger partial charge in [0.2, 0.25) is 0 Å². The molecule has 0 amide bonds. The highest BCUT2D eigenvalue weighted by Crippen LogP contribution is 2.30. The Morgan fingerprint density at radius 2 is 1.71 bits per heavy atom. The van der Waals surface area contributed by atoms with Crippen LogP contribution in [-0.4, -0.2) is 36.1 Å². The van der Waals surface area contributed by atoms with E-state index >= 15 is 0 Å². The van der Waals surface area contributed by atoms with Crippen molar-refractivity contribution in [1.29, 1.82) is 0 Å². The van der Waals surface area contributed by atoms with E-state index in [0.29, 0.717) is 11.5 Å². The molecule has 2 aliphatic rings. The summed E-state index contributed by atoms with van der Waals surface area (Å²) in [6.45, 7) is 12.0. The maximum Gasteiger partial charge on any atom is 0.0243 e. The highest BCUT2D eigenvalue weighted by molar-refractivity contribution is 4.91. The number of nitrogens with zero attached hydrogens (tertiary/aromatic N) is 1. The smallest absolute Gasteiger partial charge is 0.0243 e. The number of nitrogens with one attached hydrogen (secondary N) is 1. The van der Waals surface area contributed by atoms with Crippen LogP contribution in [0.5, 0.6) is 0 Å². The summed E-state index contributed by atoms with van der Waals surface area (Å²) >= 11 is 0. The van der Waals surface area contributed by atoms with Gasteiger partial charge in [0.15, 0.2) is 0 Å². The molecule has 0 aromatic carbocycles. The molecule has 17 heavy (non-hydrogen) atoms. The van der Waals surface area contributed by atoms with Gasteiger partial charge in [0, 0.05) is 24.7 Å². The van der Waals surface area contributed by atoms with E-state index in [1.807, 2.05) is 0 Å². The van der Waals surface area contributed by atoms with Crippen LogP contribution in [0.2, 0.25) is 0 Å². The molecule has 1 N–H and O–H groups in total. The number of hydrogen-bond donors (Lipinski definition) is 1. The minimum absolute atomic E-state index is 0.376. The van der Waals surface area contributed by atoms with Gasteiger partial charge in [-0.2, -0.15) is 0 Å². The van der Waals surface area contributed by atoms with Crippen LogP contribution in [0, 0.1) is 5.41 Å². The second-order valence-corrected chi connectivity index (χ2v) is 7.15. The van der Waals surface area contributed by atoms with Crippen molar-refractivity contribution < 1.29 is 0 Å². The fraction of sp³-hybridized carbons (Fsp3) is 1.00. The number of rotatable bonds is 1. The molecular weight excluding hydrogens is 208 g/mol. The van der Waals surface area contributed by atoms with E-state index in [-0.39, 0.29) is 0 Å². The van der Waals surface area contributed by atoms with Gasteiger partial charge in [-0.1, -0.05) is 33.6 Å². The summed E-state index contributed by atoms with van der Waals surface area (Å²) in [6, 6.07) is 2.28. The monoisotopic (exact) mass is 238 g/mol. The fourth-order valence-corrected chi connectivity index (χ4v) is 3.41. The lowest BCUT2D eigenvalue weighted by molar-refractivity contribution is 0.117. The van der Waals surface area contributed by atoms with Crippen molar-refractivity contribution in [3.63, 3.8) is 0 Å². The quantitative estimate of drug-likeness (QED) is 0.755. The van der Waals surface area contributed by atoms with Crippen molar-refractivity contribution in [3.05, 3.63) is 0 Å². The van der Waals surface area contributed by atoms with Crippen LogP contribution < -0.4 is 5.32 Å². The van der Waals surface area contributed by atoms with E-state index < -0.39 is 0 Å². The summed E-state index contributed by atoms with van der Waals surface area (Å²) < 4.78 is 0. The summed E-state index contributed by atoms with van der Waals surface area (Å²) in [5, 5.41) is 3.76. The Morgan fingerprint density at radius 1 is 1.06 bits per heavy atom. The van der Waals surface area contributed by atoms with E-state index in [1.165, 1.54) is 45.2 Å². The predicted molar refractivity (Wildman–Crippen MR) is 74.3 cm³/mol. The minimum Gasteiger partial charge on any atom is -0.312 e. The van der Waals surface area contributed by atoms with Crippen molar-refractivity contribution in [2.75, 3.05) is 13.1 Å². The third kappa shape index (κ3) is 3.23. The Balaban J connectivity index is 2.05. The maximum absolute atomic E-state index is 3.76. The lowest BCUT2D eigenvalue weighted by Gasteiger charge is -2.38. The molecule has 2 heteroatoms. The van der Waals surface area contributed by atoms with Crippen LogP contribution in [-0.2, 0) is 0 Å². The van der Waals surface area contributed by atoms with Crippen molar-refractivity contribution in [3.8, 4) is 0 Å². The zero-order chi connectivity index (χ0) is 12.5. The molecule has 2 unspecified atom stereocenters. The largest absolute Gasteiger partial charge is 0.312 e. The molecule has 0 radical (unpaired) electrons. The topological polar surface area (TPSA) is 15.3 Å². The first-order valence-corrected chi connectivity index (χ1v) is 7.47. The highest BCUT2D eigenvalue weighted by atomic mass is 15.2. The molecule has 1 saturated carbocycles. The molecule has 1 aliphatic carbocycles. The van der Waals surface area contributed by atoms with E-state index in [2.05, 4.69) is 37.9 Å². The summed E-state index contributed by atoms with van der Waals surface area (Å²) in [4.78, 5) is 2.81. The third-order valence-corrected chi connectivity index (χ3v) is 4.75. The molecule has 0 aromatic rings. The van der Waals surface area contributed by atoms with E-state index in [4.69, 9.17) is 0 Å². The Kier molecular flexibility index (Phi) is 4.14. The van der Waals surface area contributed by atoms with Crippen LogP contribution >= 0.6 is 0 Å². The van der Waals surface area contributed by atoms with Gasteiger partial charge in [-0.25, -0.2) is 0 Å². The van der Waals surface area contributed by atoms with Gasteiger partial charge in [0.25, 0.3) is 0 Å². The first kappa shape index (κ1) is 13.4. The van der Waals surface area contributed by atoms with Gasteiger partial charge in [-0.3, -0.25) is 4.90 Å². The molecule has 0 spiro atoms. The van der Waals surface area contributed by atoms with Crippen LogP contribution in [0.1, 0.15) is 59.8 Å². The molecule has 2 rings (SSSR count). The van der Waals surface area contributed by atoms with Gasteiger partial charge in [0.1, 0.15) is 0 Å². The van der Waals surface area contributed by atoms with E-state index in [1.54, 1.807) is 0 Å². The van der Waals surface area contributed by atoms with Crippen LogP contribution in [0.4, 0.5) is 0 Å². The first-order valence-electron chi connectivity index (χ1n) is 7.47. The van der Waals surface area contributed by atoms with Gasteiger partial charge in [-0.15, -0.1) is 0 Å². The summed E-state index contributed by atoms with van der Waals surface area (Å²) in [5.74, 6) is 0. The van der Waals surface area contributed by atoms with Crippen LogP contribution in [0.3, 0.4) is 0 Å². The average molecular weight is 238 g/mol. The molecule has 1 aliphatic heterocycles. The molecular formula is C15H30N2. The van der Waals surface area contributed by atoms with Gasteiger partial charge < -0.3 is 5.32 Å². The molecule has 0 aromatic heterocycles. The predicted octanol–water partition coefficient (Wildman–Crippen LogP) is 3.03. The van der Waals surface area contributed by atoms with Gasteiger partial charge >= 0.3 is 0 Å². The van der Waals surface area contributed by atoms with Gasteiger partial charge in [-0.05, 0) is 38.1 Å². The Morgan fingerprint density at radius 3 is 2.29 bits per heavy atom. The van der Waals surface area contributed by atoms with Gasteiger partial charge in [0.05, 0.1) is 0 Å². The first-order chi connectivity index (χ1) is 7.98. The molecule has 2 atom stereocenters. The number of hydrogen-bond acceptors (Lipinski definition) is 2. The van der Waals surface area contributed by atoms with Crippen molar-refractivity contribution in [2.45, 2.75) is 77.9 Å². The molecule has 100 valence electrons. The van der Waals surface area contributed by atoms with Crippen LogP contribution in [0.25, 0.3) is 0 Å². The van der Waals surface area contributed by atoms with Crippen molar-refractivity contribution >= 4 is 0 Å². The second kappa shape index (κ2) is 5.27. The highest BCUT2D eigenvalue weighted by Gasteiger charge is 2.34. The lowest BCUT2D eigenvalue weighted by Crippen LogP contribution is -2.49. The molecule has 1 heterocycles. The van der Waals surface area contributed by atoms with Crippen molar-refractivity contribution in [2.24, 2.45) is 5.41 Å². The summed E-state index contributed by atoms with van der Waals surface area (Å²) in [5.41, 5.74) is 0.376. The Bertz CT molecular complexity index is 238. The van der Waals surface area contributed by atoms with E-state index in [9.17, 15) is 0 Å². The zero-order valence-electron chi connectivity index (χ0n) is 12.1. The van der Waals surface area contributed by atoms with E-state index in [0.717, 1.165) is 12.1 Å². The van der Waals surface area contributed by atoms with Crippen molar-refractivity contribution in [1.82, 2.24) is 10.2 Å². The summed E-state index contributed by atoms with van der Waals surface area (Å²) in [6.07, 6.45) is 7.06. The summed E-state index contributed by atoms with van der Waals surface area (Å²) in [7, 11) is 0. The Labute approximate surface area is 107 Å². The zero-order valence-corrected chi connectivity index (χ0v) is 12.1. The molecule has 0 bridgehead atoms. The maximum atomic E-state index is 3.76. The third-order valence-electron chi connectivity index (χ3n) is 4.75. The molecule has 2 fully saturated rings. The lowest BCUT2D eigenvalue weighted by atomic mass is 9.86. The molecule has 2 nitrogen and oxygen atoms in total. The fourth-order valence-electron chi connectivity index (χ4n) is 3.41. The average Bonchev–Trinajstić information content (AvgIpc) is 2.67. The normalized spacial score (nSPS) is 33.9. The molecule has 1 saturated heterocycles. The SMILES string of the molecule is CC1CCNC(C(C)(C)C)CN1C1CCCC1. The Hall–Kier alpha value is -0.0800. The second-order valence-electron chi connectivity index (χ2n) is 7.15. The van der Waals surface area contributed by atoms with Crippen LogP contribution in [0.15, 0.2) is 0 Å². The standard InChI is InChI=1S/C15H30N2/c1-12-9-10-16-14(15(2,3)4)11-17(12)13-7-5-6-8-13/h12-14,16H,5-11H2,1-4H3.